The van der Waals surface area contributed by atoms with Gasteiger partial charge < -0.3 is 12.9 Å². The van der Waals surface area contributed by atoms with Crippen molar-refractivity contribution in [3.05, 3.63) is 0 Å². The van der Waals surface area contributed by atoms with E-state index in [0.717, 1.165) is 19.3 Å². The van der Waals surface area contributed by atoms with Gasteiger partial charge in [0.2, 0.25) is 0 Å². The number of hydrogen-bond donors (Lipinski definition) is 0. The fourth-order valence-corrected chi connectivity index (χ4v) is 2.05. The topological polar surface area (TPSA) is 0 Å². The largest absolute Gasteiger partial charge is 0.481 e. The molecule has 0 saturated heterocycles. The van der Waals surface area contributed by atoms with Crippen LogP contribution in [0.2, 0.25) is 5.82 Å². The summed E-state index contributed by atoms with van der Waals surface area (Å²) >= 11 is 0. The second-order valence-electron chi connectivity index (χ2n) is 3.83. The van der Waals surface area contributed by atoms with Crippen LogP contribution < -0.4 is 0 Å². The van der Waals surface area contributed by atoms with Crippen molar-refractivity contribution in [3.8, 4) is 0 Å². The molecule has 2 unspecified atom stereocenters. The Morgan fingerprint density at radius 3 is 2.42 bits per heavy atom. The lowest BCUT2D eigenvalue weighted by atomic mass is 9.62. The van der Waals surface area contributed by atoms with Crippen LogP contribution in [0.1, 0.15) is 39.0 Å². The minimum absolute atomic E-state index is 0.326. The first kappa shape index (κ1) is 9.94. The minimum atomic E-state index is -4.56. The Morgan fingerprint density at radius 1 is 1.25 bits per heavy atom. The zero-order valence-electron chi connectivity index (χ0n) is 7.40. The van der Waals surface area contributed by atoms with Crippen molar-refractivity contribution in [1.29, 1.82) is 0 Å². The quantitative estimate of drug-likeness (QED) is 0.565. The molecule has 0 aromatic carbocycles. The van der Waals surface area contributed by atoms with Crippen molar-refractivity contribution in [1.82, 2.24) is 0 Å². The van der Waals surface area contributed by atoms with Crippen molar-refractivity contribution in [3.63, 3.8) is 0 Å². The van der Waals surface area contributed by atoms with Gasteiger partial charge in [0.25, 0.3) is 0 Å². The second kappa shape index (κ2) is 3.71. The Kier molecular flexibility index (Phi) is 3.07. The molecule has 0 heterocycles. The molecule has 0 radical (unpaired) electrons. The lowest BCUT2D eigenvalue weighted by Crippen LogP contribution is -2.28. The van der Waals surface area contributed by atoms with E-state index < -0.39 is 12.8 Å². The molecule has 1 rings (SSSR count). The van der Waals surface area contributed by atoms with Crippen molar-refractivity contribution < 1.29 is 12.9 Å². The molecule has 0 aliphatic heterocycles. The lowest BCUT2D eigenvalue weighted by molar-refractivity contribution is 0.300. The summed E-state index contributed by atoms with van der Waals surface area (Å²) in [5.74, 6) is -0.629. The summed E-state index contributed by atoms with van der Waals surface area (Å²) < 4.78 is 36.9. The highest BCUT2D eigenvalue weighted by Gasteiger charge is 2.37. The molecule has 0 spiro atoms. The van der Waals surface area contributed by atoms with E-state index in [1.807, 2.05) is 6.92 Å². The van der Waals surface area contributed by atoms with E-state index in [0.29, 0.717) is 18.8 Å². The predicted octanol–water partition coefficient (Wildman–Crippen LogP) is 3.80. The number of halogens is 3. The number of rotatable bonds is 2. The Morgan fingerprint density at radius 2 is 1.92 bits per heavy atom. The smallest absolute Gasteiger partial charge is 0.449 e. The molecule has 12 heavy (non-hydrogen) atoms. The summed E-state index contributed by atoms with van der Waals surface area (Å²) in [5.41, 5.74) is 0. The fourth-order valence-electron chi connectivity index (χ4n) is 2.05. The zero-order chi connectivity index (χ0) is 9.19. The van der Waals surface area contributed by atoms with E-state index in [4.69, 9.17) is 0 Å². The summed E-state index contributed by atoms with van der Waals surface area (Å²) in [7, 11) is 0. The van der Waals surface area contributed by atoms with Gasteiger partial charge in [-0.2, -0.15) is 0 Å². The highest BCUT2D eigenvalue weighted by molar-refractivity contribution is 6.60. The van der Waals surface area contributed by atoms with E-state index in [1.54, 1.807) is 0 Å². The lowest BCUT2D eigenvalue weighted by Gasteiger charge is -2.34. The highest BCUT2D eigenvalue weighted by Crippen LogP contribution is 2.42. The Balaban J connectivity index is 2.46. The average molecular weight is 179 g/mol. The average Bonchev–Trinajstić information content (AvgIpc) is 2.03. The summed E-state index contributed by atoms with van der Waals surface area (Å²) in [6.07, 6.45) is 3.44. The maximum absolute atomic E-state index is 12.3. The van der Waals surface area contributed by atoms with Gasteiger partial charge in [-0.15, -0.1) is 0 Å². The summed E-state index contributed by atoms with van der Waals surface area (Å²) in [4.78, 5) is 0. The van der Waals surface area contributed by atoms with Gasteiger partial charge >= 0.3 is 6.98 Å². The third-order valence-corrected chi connectivity index (χ3v) is 2.94. The Bertz CT molecular complexity index is 144. The molecule has 72 valence electrons. The van der Waals surface area contributed by atoms with E-state index in [2.05, 4.69) is 0 Å². The van der Waals surface area contributed by atoms with Gasteiger partial charge in [0.1, 0.15) is 0 Å². The third kappa shape index (κ3) is 2.42. The maximum Gasteiger partial charge on any atom is 0.481 e. The SMILES string of the molecule is CCC1CCCC([B-](F)(F)F)C1. The van der Waals surface area contributed by atoms with Crippen molar-refractivity contribution in [2.24, 2.45) is 5.92 Å². The molecule has 0 bridgehead atoms. The van der Waals surface area contributed by atoms with Gasteiger partial charge in [0, 0.05) is 0 Å². The molecule has 0 N–H and O–H groups in total. The van der Waals surface area contributed by atoms with Crippen LogP contribution in [0.5, 0.6) is 0 Å². The first-order chi connectivity index (χ1) is 5.54. The molecule has 1 fully saturated rings. The van der Waals surface area contributed by atoms with E-state index >= 15 is 0 Å². The zero-order valence-corrected chi connectivity index (χ0v) is 7.40. The monoisotopic (exact) mass is 179 g/mol. The second-order valence-corrected chi connectivity index (χ2v) is 3.83. The van der Waals surface area contributed by atoms with E-state index in [9.17, 15) is 12.9 Å². The fraction of sp³-hybridized carbons (Fsp3) is 1.00. The normalized spacial score (nSPS) is 32.0. The molecule has 0 nitrogen and oxygen atoms in total. The minimum Gasteiger partial charge on any atom is -0.449 e. The molecular formula is C8H15BF3-. The van der Waals surface area contributed by atoms with Crippen LogP contribution in [0.3, 0.4) is 0 Å². The van der Waals surface area contributed by atoms with Gasteiger partial charge in [0.15, 0.2) is 0 Å². The van der Waals surface area contributed by atoms with Gasteiger partial charge in [0.05, 0.1) is 0 Å². The standard InChI is InChI=1S/C8H15BF3/c1-2-7-4-3-5-8(6-7)9(10,11)12/h7-8H,2-6H2,1H3/q-1. The van der Waals surface area contributed by atoms with Crippen molar-refractivity contribution >= 4 is 6.98 Å². The van der Waals surface area contributed by atoms with Gasteiger partial charge in [-0.05, 0) is 5.92 Å². The number of hydrogen-bond acceptors (Lipinski definition) is 0. The van der Waals surface area contributed by atoms with Crippen LogP contribution in [0.15, 0.2) is 0 Å². The van der Waals surface area contributed by atoms with Crippen LogP contribution in [-0.2, 0) is 0 Å². The van der Waals surface area contributed by atoms with Crippen LogP contribution in [0.25, 0.3) is 0 Å². The van der Waals surface area contributed by atoms with Gasteiger partial charge in [-0.3, -0.25) is 0 Å². The van der Waals surface area contributed by atoms with Gasteiger partial charge in [-0.25, -0.2) is 0 Å². The molecule has 0 aromatic rings. The third-order valence-electron chi connectivity index (χ3n) is 2.94. The molecule has 0 aromatic heterocycles. The summed E-state index contributed by atoms with van der Waals surface area (Å²) in [6.45, 7) is -2.58. The Hall–Kier alpha value is -0.145. The summed E-state index contributed by atoms with van der Waals surface area (Å²) in [6, 6.07) is 0. The molecule has 2 atom stereocenters. The Labute approximate surface area is 71.6 Å². The van der Waals surface area contributed by atoms with Gasteiger partial charge in [-0.1, -0.05) is 44.8 Å². The molecule has 1 saturated carbocycles. The van der Waals surface area contributed by atoms with E-state index in [1.165, 1.54) is 0 Å². The van der Waals surface area contributed by atoms with Crippen molar-refractivity contribution in [2.45, 2.75) is 44.8 Å². The first-order valence-corrected chi connectivity index (χ1v) is 4.74. The van der Waals surface area contributed by atoms with Crippen molar-refractivity contribution in [2.75, 3.05) is 0 Å². The van der Waals surface area contributed by atoms with Crippen LogP contribution in [0.4, 0.5) is 12.9 Å². The van der Waals surface area contributed by atoms with Crippen LogP contribution in [-0.4, -0.2) is 6.98 Å². The summed E-state index contributed by atoms with van der Waals surface area (Å²) in [5, 5.41) is 0. The molecule has 1 aliphatic rings. The van der Waals surface area contributed by atoms with Crippen LogP contribution >= 0.6 is 0 Å². The van der Waals surface area contributed by atoms with Crippen LogP contribution in [0, 0.1) is 5.92 Å². The first-order valence-electron chi connectivity index (χ1n) is 4.74. The molecule has 0 amide bonds. The molecular weight excluding hydrogens is 164 g/mol. The predicted molar refractivity (Wildman–Crippen MR) is 45.1 cm³/mol. The van der Waals surface area contributed by atoms with E-state index in [-0.39, 0.29) is 0 Å². The highest BCUT2D eigenvalue weighted by atomic mass is 19.4. The maximum atomic E-state index is 12.3. The molecule has 4 heteroatoms. The molecule has 1 aliphatic carbocycles.